The molecular formula is C14H16O2S. The molecule has 2 aliphatic carbocycles. The first-order chi connectivity index (χ1) is 8.24. The minimum absolute atomic E-state index is 0.131. The first-order valence-corrected chi connectivity index (χ1v) is 7.13. The highest BCUT2D eigenvalue weighted by molar-refractivity contribution is 8.00. The summed E-state index contributed by atoms with van der Waals surface area (Å²) in [5.41, 5.74) is 2.96. The molecule has 90 valence electrons. The lowest BCUT2D eigenvalue weighted by molar-refractivity contribution is -0.144. The van der Waals surface area contributed by atoms with Crippen molar-refractivity contribution in [2.45, 2.75) is 42.2 Å². The molecule has 2 nitrogen and oxygen atoms in total. The summed E-state index contributed by atoms with van der Waals surface area (Å²) in [6.07, 6.45) is 5.56. The third kappa shape index (κ3) is 2.08. The lowest BCUT2D eigenvalue weighted by Gasteiger charge is -2.32. The lowest BCUT2D eigenvalue weighted by atomic mass is 9.85. The molecular weight excluding hydrogens is 232 g/mol. The number of carboxylic acid groups (broad SMARTS) is 1. The van der Waals surface area contributed by atoms with Crippen molar-refractivity contribution in [2.75, 3.05) is 0 Å². The molecule has 1 fully saturated rings. The summed E-state index contributed by atoms with van der Waals surface area (Å²) in [7, 11) is 0. The zero-order chi connectivity index (χ0) is 11.8. The number of thioether (sulfide) groups is 1. The quantitative estimate of drug-likeness (QED) is 0.893. The van der Waals surface area contributed by atoms with Crippen LogP contribution >= 0.6 is 11.8 Å². The van der Waals surface area contributed by atoms with Gasteiger partial charge in [0.15, 0.2) is 0 Å². The molecule has 3 rings (SSSR count). The van der Waals surface area contributed by atoms with Crippen LogP contribution in [-0.4, -0.2) is 16.3 Å². The Kier molecular flexibility index (Phi) is 2.87. The van der Waals surface area contributed by atoms with Crippen LogP contribution in [0, 0.1) is 5.92 Å². The van der Waals surface area contributed by atoms with E-state index < -0.39 is 5.97 Å². The predicted octanol–water partition coefficient (Wildman–Crippen LogP) is 3.13. The first-order valence-electron chi connectivity index (χ1n) is 6.25. The van der Waals surface area contributed by atoms with E-state index in [0.29, 0.717) is 0 Å². The van der Waals surface area contributed by atoms with E-state index >= 15 is 0 Å². The van der Waals surface area contributed by atoms with Crippen LogP contribution in [0.5, 0.6) is 0 Å². The maximum atomic E-state index is 11.0. The van der Waals surface area contributed by atoms with Crippen molar-refractivity contribution < 1.29 is 9.90 Å². The second kappa shape index (κ2) is 4.37. The Morgan fingerprint density at radius 2 is 2.06 bits per heavy atom. The molecule has 2 atom stereocenters. The molecule has 1 N–H and O–H groups in total. The Balaban J connectivity index is 1.71. The molecule has 0 bridgehead atoms. The SMILES string of the molecule is O=C(O)C1CCC1Sc1ccc2c(c1)CCC2. The van der Waals surface area contributed by atoms with Crippen LogP contribution in [-0.2, 0) is 17.6 Å². The summed E-state index contributed by atoms with van der Waals surface area (Å²) in [5, 5.41) is 9.31. The lowest BCUT2D eigenvalue weighted by Crippen LogP contribution is -2.35. The fourth-order valence-corrected chi connectivity index (χ4v) is 4.07. The molecule has 0 saturated heterocycles. The minimum Gasteiger partial charge on any atom is -0.481 e. The number of hydrogen-bond donors (Lipinski definition) is 1. The molecule has 0 heterocycles. The standard InChI is InChI=1S/C14H16O2S/c15-14(16)12-6-7-13(12)17-11-5-4-9-2-1-3-10(9)8-11/h4-5,8,12-13H,1-3,6-7H2,(H,15,16). The molecule has 2 unspecified atom stereocenters. The van der Waals surface area contributed by atoms with Gasteiger partial charge in [-0.1, -0.05) is 6.07 Å². The van der Waals surface area contributed by atoms with Crippen LogP contribution in [0.15, 0.2) is 23.1 Å². The number of benzene rings is 1. The monoisotopic (exact) mass is 248 g/mol. The van der Waals surface area contributed by atoms with Crippen LogP contribution < -0.4 is 0 Å². The fourth-order valence-electron chi connectivity index (χ4n) is 2.69. The zero-order valence-electron chi connectivity index (χ0n) is 9.69. The number of aryl methyl sites for hydroxylation is 2. The van der Waals surface area contributed by atoms with Crippen molar-refractivity contribution in [3.05, 3.63) is 29.3 Å². The summed E-state index contributed by atoms with van der Waals surface area (Å²) in [4.78, 5) is 12.2. The number of fused-ring (bicyclic) bond motifs is 1. The van der Waals surface area contributed by atoms with Crippen LogP contribution in [0.3, 0.4) is 0 Å². The average Bonchev–Trinajstić information content (AvgIpc) is 2.70. The van der Waals surface area contributed by atoms with Gasteiger partial charge in [0, 0.05) is 10.1 Å². The van der Waals surface area contributed by atoms with E-state index in [1.807, 2.05) is 0 Å². The van der Waals surface area contributed by atoms with Gasteiger partial charge >= 0.3 is 5.97 Å². The second-order valence-electron chi connectivity index (χ2n) is 4.96. The molecule has 1 aromatic rings. The van der Waals surface area contributed by atoms with E-state index in [-0.39, 0.29) is 11.2 Å². The van der Waals surface area contributed by atoms with Crippen LogP contribution in [0.4, 0.5) is 0 Å². The maximum absolute atomic E-state index is 11.0. The van der Waals surface area contributed by atoms with E-state index in [1.54, 1.807) is 11.8 Å². The van der Waals surface area contributed by atoms with Gasteiger partial charge in [-0.15, -0.1) is 11.8 Å². The first kappa shape index (κ1) is 11.1. The van der Waals surface area contributed by atoms with Gasteiger partial charge in [0.2, 0.25) is 0 Å². The van der Waals surface area contributed by atoms with Gasteiger partial charge in [0.25, 0.3) is 0 Å². The summed E-state index contributed by atoms with van der Waals surface area (Å²) >= 11 is 1.75. The van der Waals surface area contributed by atoms with Gasteiger partial charge in [0.05, 0.1) is 5.92 Å². The largest absolute Gasteiger partial charge is 0.481 e. The number of aliphatic carboxylic acids is 1. The Bertz CT molecular complexity index is 456. The Morgan fingerprint density at radius 1 is 1.24 bits per heavy atom. The molecule has 1 saturated carbocycles. The van der Waals surface area contributed by atoms with Crippen LogP contribution in [0.25, 0.3) is 0 Å². The summed E-state index contributed by atoms with van der Waals surface area (Å²) in [6.45, 7) is 0. The van der Waals surface area contributed by atoms with Gasteiger partial charge in [0.1, 0.15) is 0 Å². The predicted molar refractivity (Wildman–Crippen MR) is 68.5 cm³/mol. The number of rotatable bonds is 3. The van der Waals surface area contributed by atoms with Crippen molar-refractivity contribution in [1.82, 2.24) is 0 Å². The molecule has 0 aliphatic heterocycles. The number of hydrogen-bond acceptors (Lipinski definition) is 2. The van der Waals surface area contributed by atoms with Crippen molar-refractivity contribution in [3.8, 4) is 0 Å². The molecule has 1 aromatic carbocycles. The molecule has 3 heteroatoms. The highest BCUT2D eigenvalue weighted by Gasteiger charge is 2.37. The average molecular weight is 248 g/mol. The molecule has 2 aliphatic rings. The second-order valence-corrected chi connectivity index (χ2v) is 6.28. The zero-order valence-corrected chi connectivity index (χ0v) is 10.5. The van der Waals surface area contributed by atoms with Gasteiger partial charge in [-0.2, -0.15) is 0 Å². The normalized spacial score (nSPS) is 26.4. The molecule has 17 heavy (non-hydrogen) atoms. The third-order valence-electron chi connectivity index (χ3n) is 3.89. The Labute approximate surface area is 105 Å². The van der Waals surface area contributed by atoms with Gasteiger partial charge < -0.3 is 5.11 Å². The Hall–Kier alpha value is -0.960. The Morgan fingerprint density at radius 3 is 2.76 bits per heavy atom. The van der Waals surface area contributed by atoms with E-state index in [0.717, 1.165) is 12.8 Å². The van der Waals surface area contributed by atoms with E-state index in [2.05, 4.69) is 18.2 Å². The molecule has 0 spiro atoms. The number of carbonyl (C=O) groups is 1. The summed E-state index contributed by atoms with van der Waals surface area (Å²) in [5.74, 6) is -0.761. The highest BCUT2D eigenvalue weighted by atomic mass is 32.2. The van der Waals surface area contributed by atoms with E-state index in [9.17, 15) is 4.79 Å². The smallest absolute Gasteiger partial charge is 0.307 e. The van der Waals surface area contributed by atoms with E-state index in [4.69, 9.17) is 5.11 Å². The molecule has 0 radical (unpaired) electrons. The van der Waals surface area contributed by atoms with Crippen LogP contribution in [0.2, 0.25) is 0 Å². The van der Waals surface area contributed by atoms with Gasteiger partial charge in [-0.25, -0.2) is 0 Å². The highest BCUT2D eigenvalue weighted by Crippen LogP contribution is 2.42. The third-order valence-corrected chi connectivity index (χ3v) is 5.28. The topological polar surface area (TPSA) is 37.3 Å². The molecule has 0 aromatic heterocycles. The fraction of sp³-hybridized carbons (Fsp3) is 0.500. The van der Waals surface area contributed by atoms with Crippen molar-refractivity contribution >= 4 is 17.7 Å². The molecule has 0 amide bonds. The summed E-state index contributed by atoms with van der Waals surface area (Å²) < 4.78 is 0. The summed E-state index contributed by atoms with van der Waals surface area (Å²) in [6, 6.07) is 6.65. The van der Waals surface area contributed by atoms with Crippen molar-refractivity contribution in [3.63, 3.8) is 0 Å². The van der Waals surface area contributed by atoms with Gasteiger partial charge in [-0.05, 0) is 55.4 Å². The maximum Gasteiger partial charge on any atom is 0.307 e. The van der Waals surface area contributed by atoms with Crippen LogP contribution in [0.1, 0.15) is 30.4 Å². The van der Waals surface area contributed by atoms with E-state index in [1.165, 1.54) is 35.3 Å². The van der Waals surface area contributed by atoms with Gasteiger partial charge in [-0.3, -0.25) is 4.79 Å². The number of carboxylic acids is 1. The van der Waals surface area contributed by atoms with Crippen molar-refractivity contribution in [2.24, 2.45) is 5.92 Å². The van der Waals surface area contributed by atoms with Crippen molar-refractivity contribution in [1.29, 1.82) is 0 Å². The minimum atomic E-state index is -0.630.